The quantitative estimate of drug-likeness (QED) is 0.739. The van der Waals surface area contributed by atoms with Gasteiger partial charge in [-0.05, 0) is 12.1 Å². The highest BCUT2D eigenvalue weighted by molar-refractivity contribution is 5.85. The molecule has 0 aliphatic carbocycles. The SMILES string of the molecule is COc1cccc(C=NCNC(=O)Cn2cncn2)c1O. The number of para-hydroxylation sites is 1. The summed E-state index contributed by atoms with van der Waals surface area (Å²) in [5, 5.41) is 16.3. The maximum Gasteiger partial charge on any atom is 0.243 e. The van der Waals surface area contributed by atoms with Gasteiger partial charge in [0.2, 0.25) is 5.91 Å². The fourth-order valence-corrected chi connectivity index (χ4v) is 1.60. The zero-order valence-corrected chi connectivity index (χ0v) is 11.4. The van der Waals surface area contributed by atoms with Crippen molar-refractivity contribution in [3.8, 4) is 11.5 Å². The number of hydrogen-bond donors (Lipinski definition) is 2. The van der Waals surface area contributed by atoms with Gasteiger partial charge in [-0.3, -0.25) is 9.79 Å². The lowest BCUT2D eigenvalue weighted by molar-refractivity contribution is -0.121. The minimum Gasteiger partial charge on any atom is -0.504 e. The van der Waals surface area contributed by atoms with Gasteiger partial charge in [-0.15, -0.1) is 0 Å². The lowest BCUT2D eigenvalue weighted by Crippen LogP contribution is -2.27. The van der Waals surface area contributed by atoms with Crippen LogP contribution in [-0.4, -0.2) is 45.8 Å². The zero-order valence-electron chi connectivity index (χ0n) is 11.4. The van der Waals surface area contributed by atoms with Crippen LogP contribution in [0.4, 0.5) is 0 Å². The monoisotopic (exact) mass is 289 g/mol. The Kier molecular flexibility index (Phi) is 4.86. The molecule has 1 amide bonds. The van der Waals surface area contributed by atoms with E-state index in [4.69, 9.17) is 4.74 Å². The van der Waals surface area contributed by atoms with Gasteiger partial charge >= 0.3 is 0 Å². The third-order valence-electron chi connectivity index (χ3n) is 2.62. The second-order valence-corrected chi connectivity index (χ2v) is 4.06. The molecule has 0 aliphatic rings. The van der Waals surface area contributed by atoms with E-state index >= 15 is 0 Å². The fourth-order valence-electron chi connectivity index (χ4n) is 1.60. The molecule has 0 saturated carbocycles. The molecule has 110 valence electrons. The predicted octanol–water partition coefficient (Wildman–Crippen LogP) is 0.185. The number of carbonyl (C=O) groups excluding carboxylic acids is 1. The van der Waals surface area contributed by atoms with E-state index in [0.29, 0.717) is 11.3 Å². The van der Waals surface area contributed by atoms with Gasteiger partial charge in [0.05, 0.1) is 7.11 Å². The molecule has 1 aromatic carbocycles. The van der Waals surface area contributed by atoms with Crippen LogP contribution >= 0.6 is 0 Å². The van der Waals surface area contributed by atoms with Gasteiger partial charge in [-0.25, -0.2) is 9.67 Å². The van der Waals surface area contributed by atoms with Crippen molar-refractivity contribution in [1.82, 2.24) is 20.1 Å². The van der Waals surface area contributed by atoms with E-state index in [2.05, 4.69) is 20.4 Å². The third-order valence-corrected chi connectivity index (χ3v) is 2.62. The van der Waals surface area contributed by atoms with Crippen molar-refractivity contribution in [2.75, 3.05) is 13.8 Å². The van der Waals surface area contributed by atoms with Gasteiger partial charge in [-0.1, -0.05) is 6.07 Å². The topological polar surface area (TPSA) is 102 Å². The van der Waals surface area contributed by atoms with E-state index in [0.717, 1.165) is 0 Å². The van der Waals surface area contributed by atoms with E-state index in [-0.39, 0.29) is 24.9 Å². The van der Waals surface area contributed by atoms with Crippen molar-refractivity contribution in [2.45, 2.75) is 6.54 Å². The molecule has 0 radical (unpaired) electrons. The molecule has 2 N–H and O–H groups in total. The van der Waals surface area contributed by atoms with Crippen molar-refractivity contribution < 1.29 is 14.6 Å². The van der Waals surface area contributed by atoms with Gasteiger partial charge in [0.15, 0.2) is 11.5 Å². The summed E-state index contributed by atoms with van der Waals surface area (Å²) < 4.78 is 6.40. The normalized spacial score (nSPS) is 10.7. The average Bonchev–Trinajstić information content (AvgIpc) is 2.98. The van der Waals surface area contributed by atoms with Crippen molar-refractivity contribution in [1.29, 1.82) is 0 Å². The number of phenols is 1. The Morgan fingerprint density at radius 1 is 1.57 bits per heavy atom. The van der Waals surface area contributed by atoms with Crippen molar-refractivity contribution in [3.05, 3.63) is 36.4 Å². The first-order valence-corrected chi connectivity index (χ1v) is 6.15. The van der Waals surface area contributed by atoms with Crippen molar-refractivity contribution >= 4 is 12.1 Å². The van der Waals surface area contributed by atoms with Crippen LogP contribution in [0.2, 0.25) is 0 Å². The number of aliphatic imine (C=N–C) groups is 1. The van der Waals surface area contributed by atoms with E-state index < -0.39 is 0 Å². The number of phenolic OH excluding ortho intramolecular Hbond substituents is 1. The second kappa shape index (κ2) is 7.04. The van der Waals surface area contributed by atoms with Crippen molar-refractivity contribution in [3.63, 3.8) is 0 Å². The van der Waals surface area contributed by atoms with Crippen LogP contribution in [0.5, 0.6) is 11.5 Å². The number of nitrogens with zero attached hydrogens (tertiary/aromatic N) is 4. The fraction of sp³-hybridized carbons (Fsp3) is 0.231. The molecule has 0 spiro atoms. The molecule has 0 bridgehead atoms. The standard InChI is InChI=1S/C13H15N5O3/c1-21-11-4-2-3-10(13(11)20)5-14-7-16-12(19)6-18-9-15-8-17-18/h2-5,8-9,20H,6-7H2,1H3,(H,16,19). The van der Waals surface area contributed by atoms with Crippen LogP contribution in [0.3, 0.4) is 0 Å². The number of amides is 1. The van der Waals surface area contributed by atoms with Gasteiger partial charge < -0.3 is 15.2 Å². The molecule has 21 heavy (non-hydrogen) atoms. The largest absolute Gasteiger partial charge is 0.504 e. The Labute approximate surface area is 121 Å². The van der Waals surface area contributed by atoms with Gasteiger partial charge in [0, 0.05) is 11.8 Å². The molecule has 0 unspecified atom stereocenters. The third kappa shape index (κ3) is 4.03. The summed E-state index contributed by atoms with van der Waals surface area (Å²) in [7, 11) is 1.47. The second-order valence-electron chi connectivity index (χ2n) is 4.06. The minimum atomic E-state index is -0.229. The highest BCUT2D eigenvalue weighted by Gasteiger charge is 2.05. The van der Waals surface area contributed by atoms with Crippen LogP contribution in [0.15, 0.2) is 35.8 Å². The number of rotatable bonds is 6. The van der Waals surface area contributed by atoms with Crippen molar-refractivity contribution in [2.24, 2.45) is 4.99 Å². The Morgan fingerprint density at radius 3 is 3.14 bits per heavy atom. The summed E-state index contributed by atoms with van der Waals surface area (Å²) in [6, 6.07) is 5.08. The molecular weight excluding hydrogens is 274 g/mol. The molecule has 8 nitrogen and oxygen atoms in total. The van der Waals surface area contributed by atoms with E-state index in [1.165, 1.54) is 30.7 Å². The Balaban J connectivity index is 1.84. The number of carbonyl (C=O) groups is 1. The summed E-state index contributed by atoms with van der Waals surface area (Å²) in [5.74, 6) is 0.152. The average molecular weight is 289 g/mol. The summed E-state index contributed by atoms with van der Waals surface area (Å²) in [4.78, 5) is 19.3. The number of ether oxygens (including phenoxy) is 1. The van der Waals surface area contributed by atoms with E-state index in [1.54, 1.807) is 18.2 Å². The number of aromatic hydroxyl groups is 1. The number of aromatic nitrogens is 3. The molecule has 0 atom stereocenters. The number of benzene rings is 1. The first-order chi connectivity index (χ1) is 10.2. The molecule has 1 heterocycles. The predicted molar refractivity (Wildman–Crippen MR) is 75.3 cm³/mol. The lowest BCUT2D eigenvalue weighted by atomic mass is 10.2. The summed E-state index contributed by atoms with van der Waals surface area (Å²) in [6.07, 6.45) is 4.28. The van der Waals surface area contributed by atoms with E-state index in [9.17, 15) is 9.90 Å². The van der Waals surface area contributed by atoms with Crippen LogP contribution in [0.1, 0.15) is 5.56 Å². The minimum absolute atomic E-state index is 0.0118. The number of methoxy groups -OCH3 is 1. The maximum absolute atomic E-state index is 11.5. The first-order valence-electron chi connectivity index (χ1n) is 6.15. The summed E-state index contributed by atoms with van der Waals surface area (Å²) in [6.45, 7) is 0.185. The maximum atomic E-state index is 11.5. The molecular formula is C13H15N5O3. The number of hydrogen-bond acceptors (Lipinski definition) is 6. The Hall–Kier alpha value is -2.90. The molecule has 2 rings (SSSR count). The molecule has 1 aromatic heterocycles. The van der Waals surface area contributed by atoms with Gasteiger partial charge in [-0.2, -0.15) is 5.10 Å². The highest BCUT2D eigenvalue weighted by atomic mass is 16.5. The zero-order chi connectivity index (χ0) is 15.1. The molecule has 0 saturated heterocycles. The Morgan fingerprint density at radius 2 is 2.43 bits per heavy atom. The van der Waals surface area contributed by atoms with E-state index in [1.807, 2.05) is 0 Å². The molecule has 8 heteroatoms. The van der Waals surface area contributed by atoms with Gasteiger partial charge in [0.1, 0.15) is 25.9 Å². The smallest absolute Gasteiger partial charge is 0.243 e. The van der Waals surface area contributed by atoms with Crippen LogP contribution < -0.4 is 10.1 Å². The first kappa shape index (κ1) is 14.5. The van der Waals surface area contributed by atoms with Gasteiger partial charge in [0.25, 0.3) is 0 Å². The summed E-state index contributed by atoms with van der Waals surface area (Å²) in [5.41, 5.74) is 0.514. The molecule has 2 aromatic rings. The highest BCUT2D eigenvalue weighted by Crippen LogP contribution is 2.27. The lowest BCUT2D eigenvalue weighted by Gasteiger charge is -2.05. The molecule has 0 aliphatic heterocycles. The summed E-state index contributed by atoms with van der Waals surface area (Å²) >= 11 is 0. The number of nitrogens with one attached hydrogen (secondary N) is 1. The molecule has 0 fully saturated rings. The Bertz CT molecular complexity index is 625. The van der Waals surface area contributed by atoms with Crippen LogP contribution in [-0.2, 0) is 11.3 Å². The van der Waals surface area contributed by atoms with Crippen LogP contribution in [0.25, 0.3) is 0 Å². The van der Waals surface area contributed by atoms with Crippen LogP contribution in [0, 0.1) is 0 Å².